The first-order chi connectivity index (χ1) is 9.22. The fourth-order valence-electron chi connectivity index (χ4n) is 1.59. The zero-order valence-corrected chi connectivity index (χ0v) is 13.0. The summed E-state index contributed by atoms with van der Waals surface area (Å²) in [5, 5.41) is 0. The highest BCUT2D eigenvalue weighted by Crippen LogP contribution is 2.14. The van der Waals surface area contributed by atoms with Crippen LogP contribution in [0.3, 0.4) is 0 Å². The van der Waals surface area contributed by atoms with Gasteiger partial charge in [0.25, 0.3) is 0 Å². The lowest BCUT2D eigenvalue weighted by Crippen LogP contribution is -2.22. The summed E-state index contributed by atoms with van der Waals surface area (Å²) in [5.74, 6) is -0.839. The van der Waals surface area contributed by atoms with Crippen LogP contribution in [-0.4, -0.2) is 41.1 Å². The monoisotopic (exact) mass is 320 g/mol. The van der Waals surface area contributed by atoms with Crippen LogP contribution in [0.4, 0.5) is 5.69 Å². The number of anilines is 1. The molecule has 0 aliphatic rings. The summed E-state index contributed by atoms with van der Waals surface area (Å²) >= 11 is 0. The number of hydrogen-bond acceptors (Lipinski definition) is 5. The van der Waals surface area contributed by atoms with Gasteiger partial charge in [0.15, 0.2) is 0 Å². The summed E-state index contributed by atoms with van der Waals surface area (Å²) < 4.78 is 47.9. The number of aryl methyl sites for hydroxylation is 1. The first-order valence-corrected chi connectivity index (χ1v) is 9.90. The van der Waals surface area contributed by atoms with E-state index >= 15 is 0 Å². The van der Waals surface area contributed by atoms with Crippen LogP contribution in [0.5, 0.6) is 0 Å². The smallest absolute Gasteiger partial charge is 0.233 e. The summed E-state index contributed by atoms with van der Waals surface area (Å²) in [6, 6.07) is 7.00. The van der Waals surface area contributed by atoms with Crippen LogP contribution in [0.1, 0.15) is 12.0 Å². The van der Waals surface area contributed by atoms with Gasteiger partial charge in [-0.15, -0.1) is 0 Å². The van der Waals surface area contributed by atoms with E-state index in [4.69, 9.17) is 5.73 Å². The lowest BCUT2D eigenvalue weighted by atomic mass is 10.1. The number of benzene rings is 1. The fourth-order valence-corrected chi connectivity index (χ4v) is 4.26. The molecule has 3 N–H and O–H groups in total. The van der Waals surface area contributed by atoms with E-state index in [2.05, 4.69) is 4.72 Å². The molecular formula is C12H20N2O4S2. The van der Waals surface area contributed by atoms with E-state index in [1.54, 1.807) is 18.2 Å². The number of sulfonamides is 1. The van der Waals surface area contributed by atoms with Crippen molar-refractivity contribution in [1.82, 2.24) is 0 Å². The Balaban J connectivity index is 2.72. The molecule has 0 fully saturated rings. The van der Waals surface area contributed by atoms with Crippen LogP contribution in [0, 0.1) is 0 Å². The molecule has 0 aromatic heterocycles. The summed E-state index contributed by atoms with van der Waals surface area (Å²) in [6.45, 7) is 0.574. The minimum Gasteiger partial charge on any atom is -0.330 e. The summed E-state index contributed by atoms with van der Waals surface area (Å²) in [7, 11) is -6.96. The van der Waals surface area contributed by atoms with Crippen molar-refractivity contribution in [3.8, 4) is 0 Å². The van der Waals surface area contributed by atoms with Crippen LogP contribution in [0.2, 0.25) is 0 Å². The van der Waals surface area contributed by atoms with Crippen LogP contribution in [0.15, 0.2) is 24.3 Å². The number of hydrogen-bond donors (Lipinski definition) is 2. The Morgan fingerprint density at radius 3 is 2.45 bits per heavy atom. The molecule has 0 radical (unpaired) electrons. The number of nitrogens with one attached hydrogen (secondary N) is 1. The second-order valence-corrected chi connectivity index (χ2v) is 8.75. The molecule has 0 unspecified atom stereocenters. The molecule has 8 heteroatoms. The predicted molar refractivity (Wildman–Crippen MR) is 80.9 cm³/mol. The molecule has 1 aromatic carbocycles. The van der Waals surface area contributed by atoms with Gasteiger partial charge in [-0.3, -0.25) is 4.72 Å². The molecular weight excluding hydrogens is 300 g/mol. The van der Waals surface area contributed by atoms with E-state index in [9.17, 15) is 16.8 Å². The van der Waals surface area contributed by atoms with E-state index in [-0.39, 0.29) is 0 Å². The zero-order chi connectivity index (χ0) is 15.2. The quantitative estimate of drug-likeness (QED) is 0.719. The summed E-state index contributed by atoms with van der Waals surface area (Å²) in [4.78, 5) is 0. The molecule has 0 atom stereocenters. The highest BCUT2D eigenvalue weighted by molar-refractivity contribution is 7.95. The Morgan fingerprint density at radius 2 is 1.85 bits per heavy atom. The third kappa shape index (κ3) is 6.88. The van der Waals surface area contributed by atoms with Gasteiger partial charge in [0.05, 0.1) is 11.5 Å². The fraction of sp³-hybridized carbons (Fsp3) is 0.500. The first kappa shape index (κ1) is 16.9. The average molecular weight is 320 g/mol. The maximum atomic E-state index is 11.8. The second kappa shape index (κ2) is 7.05. The number of rotatable bonds is 8. The average Bonchev–Trinajstić information content (AvgIpc) is 2.33. The number of nitrogens with two attached hydrogens (primary N) is 1. The zero-order valence-electron chi connectivity index (χ0n) is 11.4. The Morgan fingerprint density at radius 1 is 1.15 bits per heavy atom. The van der Waals surface area contributed by atoms with Crippen LogP contribution < -0.4 is 10.5 Å². The molecule has 1 aromatic rings. The first-order valence-electron chi connectivity index (χ1n) is 6.19. The van der Waals surface area contributed by atoms with Crippen molar-refractivity contribution < 1.29 is 16.8 Å². The van der Waals surface area contributed by atoms with Crippen molar-refractivity contribution in [2.24, 2.45) is 5.73 Å². The molecule has 0 aliphatic heterocycles. The standard InChI is InChI=1S/C12H20N2O4S2/c1-19(15,16)8-9-20(17,18)14-12-6-2-4-11(10-12)5-3-7-13/h2,4,6,10,14H,3,5,7-9,13H2,1H3. The largest absolute Gasteiger partial charge is 0.330 e. The van der Waals surface area contributed by atoms with Crippen molar-refractivity contribution in [1.29, 1.82) is 0 Å². The molecule has 0 saturated carbocycles. The van der Waals surface area contributed by atoms with Gasteiger partial charge in [0.1, 0.15) is 9.84 Å². The molecule has 0 spiro atoms. The van der Waals surface area contributed by atoms with Crippen molar-refractivity contribution in [2.75, 3.05) is 29.0 Å². The van der Waals surface area contributed by atoms with E-state index in [1.807, 2.05) is 6.07 Å². The SMILES string of the molecule is CS(=O)(=O)CCS(=O)(=O)Nc1cccc(CCCN)c1. The predicted octanol–water partition coefficient (Wildman–Crippen LogP) is 0.364. The lowest BCUT2D eigenvalue weighted by Gasteiger charge is -2.09. The maximum Gasteiger partial charge on any atom is 0.233 e. The molecule has 0 saturated heterocycles. The topological polar surface area (TPSA) is 106 Å². The van der Waals surface area contributed by atoms with E-state index in [1.165, 1.54) is 0 Å². The molecule has 0 bridgehead atoms. The van der Waals surface area contributed by atoms with Crippen LogP contribution in [0.25, 0.3) is 0 Å². The van der Waals surface area contributed by atoms with Crippen molar-refractivity contribution in [3.05, 3.63) is 29.8 Å². The Hall–Kier alpha value is -1.12. The van der Waals surface area contributed by atoms with E-state index in [0.717, 1.165) is 24.7 Å². The lowest BCUT2D eigenvalue weighted by molar-refractivity contribution is 0.593. The Labute approximate surface area is 120 Å². The van der Waals surface area contributed by atoms with Gasteiger partial charge in [-0.05, 0) is 37.1 Å². The van der Waals surface area contributed by atoms with Gasteiger partial charge in [-0.1, -0.05) is 12.1 Å². The van der Waals surface area contributed by atoms with Crippen LogP contribution >= 0.6 is 0 Å². The molecule has 20 heavy (non-hydrogen) atoms. The molecule has 0 heterocycles. The third-order valence-electron chi connectivity index (χ3n) is 2.59. The highest BCUT2D eigenvalue weighted by atomic mass is 32.2. The van der Waals surface area contributed by atoms with E-state index < -0.39 is 31.4 Å². The molecule has 0 aliphatic carbocycles. The maximum absolute atomic E-state index is 11.8. The van der Waals surface area contributed by atoms with Crippen molar-refractivity contribution >= 4 is 25.5 Å². The molecule has 114 valence electrons. The summed E-state index contributed by atoms with van der Waals surface area (Å²) in [5.41, 5.74) is 6.85. The van der Waals surface area contributed by atoms with Gasteiger partial charge >= 0.3 is 0 Å². The number of sulfone groups is 1. The normalized spacial score (nSPS) is 12.3. The van der Waals surface area contributed by atoms with Crippen LogP contribution in [-0.2, 0) is 26.3 Å². The highest BCUT2D eigenvalue weighted by Gasteiger charge is 2.14. The Bertz CT molecular complexity index is 639. The molecule has 1 rings (SSSR count). The molecule has 0 amide bonds. The van der Waals surface area contributed by atoms with E-state index in [0.29, 0.717) is 12.2 Å². The van der Waals surface area contributed by atoms with Gasteiger partial charge in [-0.2, -0.15) is 0 Å². The van der Waals surface area contributed by atoms with Gasteiger partial charge in [0.2, 0.25) is 10.0 Å². The Kier molecular flexibility index (Phi) is 5.97. The van der Waals surface area contributed by atoms with Gasteiger partial charge in [-0.25, -0.2) is 16.8 Å². The summed E-state index contributed by atoms with van der Waals surface area (Å²) in [6.07, 6.45) is 2.61. The van der Waals surface area contributed by atoms with Gasteiger partial charge < -0.3 is 5.73 Å². The minimum absolute atomic E-state index is 0.394. The van der Waals surface area contributed by atoms with Crippen molar-refractivity contribution in [3.63, 3.8) is 0 Å². The molecule has 6 nitrogen and oxygen atoms in total. The third-order valence-corrected chi connectivity index (χ3v) is 5.09. The van der Waals surface area contributed by atoms with Gasteiger partial charge in [0, 0.05) is 11.9 Å². The van der Waals surface area contributed by atoms with Crippen molar-refractivity contribution in [2.45, 2.75) is 12.8 Å². The minimum atomic E-state index is -3.66. The second-order valence-electron chi connectivity index (χ2n) is 4.64.